The molecule has 1 atom stereocenters. The van der Waals surface area contributed by atoms with Crippen LogP contribution >= 0.6 is 23.1 Å². The van der Waals surface area contributed by atoms with Crippen LogP contribution in [0.15, 0.2) is 35.2 Å². The molecule has 152 valence electrons. The molecular weight excluding hydrogens is 416 g/mol. The van der Waals surface area contributed by atoms with Gasteiger partial charge < -0.3 is 0 Å². The summed E-state index contributed by atoms with van der Waals surface area (Å²) >= 11 is 2.70. The molecule has 0 saturated heterocycles. The lowest BCUT2D eigenvalue weighted by Gasteiger charge is -2.30. The molecule has 0 aliphatic carbocycles. The first-order valence-electron chi connectivity index (χ1n) is 8.61. The Bertz CT molecular complexity index is 936. The summed E-state index contributed by atoms with van der Waals surface area (Å²) in [6, 6.07) is 4.58. The number of hydrogen-bond donors (Lipinski definition) is 1. The number of rotatable bonds is 9. The minimum Gasteiger partial charge on any atom is -0.299 e. The molecule has 0 saturated carbocycles. The SMILES string of the molecule is C=CCSc1nnc(NC(=O)[C@@H](CC)N(c2cc(C)cc(C)c2)S(C)(=O)=O)s1. The molecule has 0 bridgehead atoms. The van der Waals surface area contributed by atoms with Crippen LogP contribution in [0.2, 0.25) is 0 Å². The summed E-state index contributed by atoms with van der Waals surface area (Å²) in [7, 11) is -3.68. The van der Waals surface area contributed by atoms with Crippen LogP contribution in [-0.4, -0.2) is 42.6 Å². The number of carbonyl (C=O) groups excluding carboxylic acids is 1. The molecule has 0 fully saturated rings. The number of aromatic nitrogens is 2. The first-order valence-corrected chi connectivity index (χ1v) is 12.3. The monoisotopic (exact) mass is 440 g/mol. The highest BCUT2D eigenvalue weighted by Crippen LogP contribution is 2.28. The van der Waals surface area contributed by atoms with E-state index in [1.807, 2.05) is 19.9 Å². The van der Waals surface area contributed by atoms with Gasteiger partial charge in [-0.25, -0.2) is 8.42 Å². The largest absolute Gasteiger partial charge is 0.299 e. The Morgan fingerprint density at radius 1 is 1.32 bits per heavy atom. The lowest BCUT2D eigenvalue weighted by molar-refractivity contribution is -0.117. The molecule has 2 rings (SSSR count). The zero-order valence-electron chi connectivity index (χ0n) is 16.3. The maximum atomic E-state index is 12.9. The van der Waals surface area contributed by atoms with Gasteiger partial charge in [-0.05, 0) is 43.5 Å². The van der Waals surface area contributed by atoms with E-state index < -0.39 is 22.0 Å². The topological polar surface area (TPSA) is 92.3 Å². The predicted octanol–water partition coefficient (Wildman–Crippen LogP) is 3.62. The number of hydrogen-bond acceptors (Lipinski definition) is 7. The predicted molar refractivity (Wildman–Crippen MR) is 117 cm³/mol. The zero-order valence-corrected chi connectivity index (χ0v) is 18.7. The van der Waals surface area contributed by atoms with Crippen molar-refractivity contribution in [1.29, 1.82) is 0 Å². The van der Waals surface area contributed by atoms with Gasteiger partial charge in [-0.1, -0.05) is 42.2 Å². The number of nitrogens with zero attached hydrogens (tertiary/aromatic N) is 3. The highest BCUT2D eigenvalue weighted by atomic mass is 32.2. The Labute approximate surface area is 174 Å². The van der Waals surface area contributed by atoms with Crippen molar-refractivity contribution in [2.45, 2.75) is 37.6 Å². The van der Waals surface area contributed by atoms with E-state index in [4.69, 9.17) is 0 Å². The second kappa shape index (κ2) is 9.53. The van der Waals surface area contributed by atoms with Crippen molar-refractivity contribution in [3.63, 3.8) is 0 Å². The number of nitrogens with one attached hydrogen (secondary N) is 1. The Morgan fingerprint density at radius 3 is 2.50 bits per heavy atom. The van der Waals surface area contributed by atoms with E-state index in [1.165, 1.54) is 27.4 Å². The van der Waals surface area contributed by atoms with Gasteiger partial charge in [-0.3, -0.25) is 14.4 Å². The second-order valence-electron chi connectivity index (χ2n) is 6.29. The summed E-state index contributed by atoms with van der Waals surface area (Å²) in [6.07, 6.45) is 3.17. The van der Waals surface area contributed by atoms with E-state index in [1.54, 1.807) is 25.1 Å². The molecule has 0 radical (unpaired) electrons. The van der Waals surface area contributed by atoms with Crippen molar-refractivity contribution in [2.75, 3.05) is 21.6 Å². The normalized spacial score (nSPS) is 12.4. The molecule has 1 aromatic heterocycles. The minimum atomic E-state index is -3.68. The second-order valence-corrected chi connectivity index (χ2v) is 10.4. The maximum absolute atomic E-state index is 12.9. The fourth-order valence-corrected chi connectivity index (χ4v) is 5.49. The number of amides is 1. The van der Waals surface area contributed by atoms with Gasteiger partial charge in [0, 0.05) is 5.75 Å². The maximum Gasteiger partial charge on any atom is 0.250 e. The number of carbonyl (C=O) groups is 1. The third-order valence-corrected chi connectivity index (χ3v) is 6.90. The lowest BCUT2D eigenvalue weighted by Crippen LogP contribution is -2.47. The third kappa shape index (κ3) is 5.79. The molecule has 0 aliphatic rings. The summed E-state index contributed by atoms with van der Waals surface area (Å²) < 4.78 is 27.0. The molecule has 1 aromatic carbocycles. The Kier molecular flexibility index (Phi) is 7.62. The fraction of sp³-hybridized carbons (Fsp3) is 0.389. The summed E-state index contributed by atoms with van der Waals surface area (Å²) in [6.45, 7) is 9.21. The van der Waals surface area contributed by atoms with E-state index in [0.29, 0.717) is 27.3 Å². The Hall–Kier alpha value is -1.91. The van der Waals surface area contributed by atoms with E-state index >= 15 is 0 Å². The van der Waals surface area contributed by atoms with E-state index in [0.717, 1.165) is 17.4 Å². The number of aryl methyl sites for hydroxylation is 2. The van der Waals surface area contributed by atoms with Crippen LogP contribution in [0.4, 0.5) is 10.8 Å². The zero-order chi connectivity index (χ0) is 20.9. The highest BCUT2D eigenvalue weighted by Gasteiger charge is 2.32. The van der Waals surface area contributed by atoms with Crippen molar-refractivity contribution < 1.29 is 13.2 Å². The van der Waals surface area contributed by atoms with Gasteiger partial charge in [0.1, 0.15) is 6.04 Å². The Balaban J connectivity index is 2.31. The van der Waals surface area contributed by atoms with Gasteiger partial charge in [-0.15, -0.1) is 16.8 Å². The molecule has 1 N–H and O–H groups in total. The smallest absolute Gasteiger partial charge is 0.250 e. The number of anilines is 2. The van der Waals surface area contributed by atoms with Crippen molar-refractivity contribution in [1.82, 2.24) is 10.2 Å². The van der Waals surface area contributed by atoms with Crippen molar-refractivity contribution in [3.8, 4) is 0 Å². The quantitative estimate of drug-likeness (QED) is 0.364. The van der Waals surface area contributed by atoms with E-state index in [-0.39, 0.29) is 0 Å². The number of benzene rings is 1. The molecule has 0 aliphatic heterocycles. The molecule has 0 spiro atoms. The highest BCUT2D eigenvalue weighted by molar-refractivity contribution is 8.01. The van der Waals surface area contributed by atoms with Crippen LogP contribution in [0, 0.1) is 13.8 Å². The third-order valence-electron chi connectivity index (χ3n) is 3.75. The molecule has 7 nitrogen and oxygen atoms in total. The van der Waals surface area contributed by atoms with Crippen LogP contribution < -0.4 is 9.62 Å². The van der Waals surface area contributed by atoms with Crippen LogP contribution in [0.5, 0.6) is 0 Å². The molecule has 0 unspecified atom stereocenters. The van der Waals surface area contributed by atoms with Crippen LogP contribution in [0.1, 0.15) is 24.5 Å². The van der Waals surface area contributed by atoms with Crippen LogP contribution in [-0.2, 0) is 14.8 Å². The summed E-state index contributed by atoms with van der Waals surface area (Å²) in [4.78, 5) is 12.9. The Morgan fingerprint density at radius 2 is 1.96 bits per heavy atom. The number of sulfonamides is 1. The minimum absolute atomic E-state index is 0.308. The first-order chi connectivity index (χ1) is 13.2. The van der Waals surface area contributed by atoms with Gasteiger partial charge in [0.2, 0.25) is 21.1 Å². The van der Waals surface area contributed by atoms with Gasteiger partial charge in [0.15, 0.2) is 4.34 Å². The lowest BCUT2D eigenvalue weighted by atomic mass is 10.1. The van der Waals surface area contributed by atoms with Crippen LogP contribution in [0.3, 0.4) is 0 Å². The molecule has 1 amide bonds. The molecular formula is C18H24N4O3S3. The molecule has 1 heterocycles. The summed E-state index contributed by atoms with van der Waals surface area (Å²) in [5.41, 5.74) is 2.32. The first kappa shape index (κ1) is 22.4. The average Bonchev–Trinajstić information content (AvgIpc) is 3.02. The summed E-state index contributed by atoms with van der Waals surface area (Å²) in [5.74, 6) is 0.248. The number of thioether (sulfide) groups is 1. The molecule has 28 heavy (non-hydrogen) atoms. The van der Waals surface area contributed by atoms with Gasteiger partial charge in [-0.2, -0.15) is 0 Å². The van der Waals surface area contributed by atoms with E-state index in [2.05, 4.69) is 22.1 Å². The van der Waals surface area contributed by atoms with Gasteiger partial charge >= 0.3 is 0 Å². The van der Waals surface area contributed by atoms with Crippen molar-refractivity contribution >= 4 is 49.8 Å². The van der Waals surface area contributed by atoms with Gasteiger partial charge in [0.05, 0.1) is 11.9 Å². The van der Waals surface area contributed by atoms with E-state index in [9.17, 15) is 13.2 Å². The molecule has 2 aromatic rings. The van der Waals surface area contributed by atoms with Crippen LogP contribution in [0.25, 0.3) is 0 Å². The average molecular weight is 441 g/mol. The van der Waals surface area contributed by atoms with Gasteiger partial charge in [0.25, 0.3) is 0 Å². The summed E-state index contributed by atoms with van der Waals surface area (Å²) in [5, 5.41) is 11.0. The standard InChI is InChI=1S/C18H24N4O3S3/c1-6-8-26-18-21-20-17(27-18)19-16(23)15(7-2)22(28(5,24)25)14-10-12(3)9-13(4)11-14/h6,9-11,15H,1,7-8H2,2-5H3,(H,19,20,23)/t15-/m1/s1. The van der Waals surface area contributed by atoms with Crippen molar-refractivity contribution in [2.24, 2.45) is 0 Å². The fourth-order valence-electron chi connectivity index (χ4n) is 2.78. The van der Waals surface area contributed by atoms with Crippen molar-refractivity contribution in [3.05, 3.63) is 42.0 Å². The molecule has 10 heteroatoms.